The predicted molar refractivity (Wildman–Crippen MR) is 119 cm³/mol. The number of rotatable bonds is 7. The molecule has 2 saturated carbocycles. The van der Waals surface area contributed by atoms with Gasteiger partial charge in [-0.2, -0.15) is 0 Å². The summed E-state index contributed by atoms with van der Waals surface area (Å²) in [6.07, 6.45) is 19.2. The van der Waals surface area contributed by atoms with Crippen LogP contribution in [0.4, 0.5) is 0 Å². The minimum Gasteiger partial charge on any atom is -0.0917 e. The molecule has 1 aromatic rings. The van der Waals surface area contributed by atoms with E-state index < -0.39 is 0 Å². The molecule has 3 rings (SSSR count). The molecule has 0 aromatic heterocycles. The van der Waals surface area contributed by atoms with Crippen LogP contribution in [-0.4, -0.2) is 9.52 Å². The van der Waals surface area contributed by atoms with E-state index in [-0.39, 0.29) is 9.52 Å². The van der Waals surface area contributed by atoms with Crippen molar-refractivity contribution in [3.63, 3.8) is 0 Å². The molecule has 0 spiro atoms. The van der Waals surface area contributed by atoms with E-state index in [1.165, 1.54) is 70.3 Å². The maximum atomic E-state index is 2.44. The molecule has 26 heavy (non-hydrogen) atoms. The van der Waals surface area contributed by atoms with Crippen molar-refractivity contribution in [3.8, 4) is 0 Å². The van der Waals surface area contributed by atoms with Gasteiger partial charge in [0, 0.05) is 9.52 Å². The molecular formula is C25H40Si. The highest BCUT2D eigenvalue weighted by Crippen LogP contribution is 2.44. The Bertz CT molecular complexity index is 528. The molecule has 0 heterocycles. The lowest BCUT2D eigenvalue weighted by atomic mass is 9.68. The fourth-order valence-corrected chi connectivity index (χ4v) is 6.53. The summed E-state index contributed by atoms with van der Waals surface area (Å²) in [5.74, 6) is 3.94. The van der Waals surface area contributed by atoms with Crippen molar-refractivity contribution in [2.75, 3.05) is 0 Å². The Hall–Kier alpha value is -0.823. The van der Waals surface area contributed by atoms with Gasteiger partial charge in [0.2, 0.25) is 0 Å². The SMILES string of the molecule is C/C=C/CC[C@H]1CC[C@H](C2CCC(c3ccc(C[SiH2]C)cc3)CC2)CC1. The molecule has 0 unspecified atom stereocenters. The second-order valence-electron chi connectivity index (χ2n) is 9.03. The Labute approximate surface area is 164 Å². The summed E-state index contributed by atoms with van der Waals surface area (Å²) < 4.78 is 0. The molecule has 2 fully saturated rings. The van der Waals surface area contributed by atoms with Gasteiger partial charge in [0.05, 0.1) is 0 Å². The van der Waals surface area contributed by atoms with Crippen molar-refractivity contribution in [3.05, 3.63) is 47.5 Å². The molecule has 0 amide bonds. The smallest absolute Gasteiger partial charge is 0.0217 e. The molecule has 2 aliphatic carbocycles. The molecule has 1 heteroatoms. The second-order valence-corrected chi connectivity index (χ2v) is 10.5. The number of benzene rings is 1. The van der Waals surface area contributed by atoms with E-state index in [1.54, 1.807) is 11.1 Å². The highest BCUT2D eigenvalue weighted by molar-refractivity contribution is 6.32. The lowest BCUT2D eigenvalue weighted by molar-refractivity contribution is 0.157. The minimum atomic E-state index is 0.148. The highest BCUT2D eigenvalue weighted by atomic mass is 28.2. The topological polar surface area (TPSA) is 0 Å². The Balaban J connectivity index is 1.41. The van der Waals surface area contributed by atoms with Gasteiger partial charge in [-0.25, -0.2) is 0 Å². The molecule has 0 bridgehead atoms. The van der Waals surface area contributed by atoms with Gasteiger partial charge in [0.1, 0.15) is 0 Å². The van der Waals surface area contributed by atoms with Gasteiger partial charge in [0.15, 0.2) is 0 Å². The fourth-order valence-electron chi connectivity index (χ4n) is 5.62. The summed E-state index contributed by atoms with van der Waals surface area (Å²) >= 11 is 0. The Morgan fingerprint density at radius 2 is 1.50 bits per heavy atom. The van der Waals surface area contributed by atoms with E-state index in [0.717, 1.165) is 23.7 Å². The highest BCUT2D eigenvalue weighted by Gasteiger charge is 2.31. The van der Waals surface area contributed by atoms with E-state index in [4.69, 9.17) is 0 Å². The van der Waals surface area contributed by atoms with Gasteiger partial charge in [-0.05, 0) is 93.6 Å². The lowest BCUT2D eigenvalue weighted by Gasteiger charge is -2.38. The third kappa shape index (κ3) is 5.59. The molecule has 0 nitrogen and oxygen atoms in total. The summed E-state index contributed by atoms with van der Waals surface area (Å²) in [6, 6.07) is 11.1. The van der Waals surface area contributed by atoms with Crippen LogP contribution in [0.25, 0.3) is 0 Å². The number of hydrogen-bond acceptors (Lipinski definition) is 0. The van der Waals surface area contributed by atoms with Crippen LogP contribution >= 0.6 is 0 Å². The van der Waals surface area contributed by atoms with E-state index in [1.807, 2.05) is 0 Å². The summed E-state index contributed by atoms with van der Waals surface area (Å²) in [5, 5.41) is 0. The van der Waals surface area contributed by atoms with Crippen molar-refractivity contribution in [1.29, 1.82) is 0 Å². The van der Waals surface area contributed by atoms with E-state index in [0.29, 0.717) is 0 Å². The zero-order chi connectivity index (χ0) is 18.2. The average molecular weight is 369 g/mol. The van der Waals surface area contributed by atoms with Crippen LogP contribution < -0.4 is 0 Å². The minimum absolute atomic E-state index is 0.148. The van der Waals surface area contributed by atoms with Gasteiger partial charge >= 0.3 is 0 Å². The first-order chi connectivity index (χ1) is 12.8. The molecule has 0 atom stereocenters. The molecule has 2 aliphatic rings. The van der Waals surface area contributed by atoms with Crippen molar-refractivity contribution >= 4 is 9.52 Å². The summed E-state index contributed by atoms with van der Waals surface area (Å²) in [4.78, 5) is 0. The van der Waals surface area contributed by atoms with Crippen molar-refractivity contribution in [2.45, 2.75) is 89.6 Å². The largest absolute Gasteiger partial charge is 0.0917 e. The van der Waals surface area contributed by atoms with Crippen LogP contribution in [-0.2, 0) is 6.04 Å². The maximum absolute atomic E-state index is 2.44. The third-order valence-corrected chi connectivity index (χ3v) is 8.37. The summed E-state index contributed by atoms with van der Waals surface area (Å²) in [6.45, 7) is 4.55. The van der Waals surface area contributed by atoms with E-state index >= 15 is 0 Å². The third-order valence-electron chi connectivity index (χ3n) is 7.30. The van der Waals surface area contributed by atoms with Gasteiger partial charge in [-0.3, -0.25) is 0 Å². The molecule has 0 aliphatic heterocycles. The predicted octanol–water partition coefficient (Wildman–Crippen LogP) is 6.84. The zero-order valence-corrected chi connectivity index (χ0v) is 18.7. The van der Waals surface area contributed by atoms with Gasteiger partial charge in [-0.15, -0.1) is 0 Å². The fraction of sp³-hybridized carbons (Fsp3) is 0.680. The van der Waals surface area contributed by atoms with Crippen LogP contribution in [0, 0.1) is 17.8 Å². The van der Waals surface area contributed by atoms with Crippen molar-refractivity contribution in [1.82, 2.24) is 0 Å². The lowest BCUT2D eigenvalue weighted by Crippen LogP contribution is -2.25. The first kappa shape index (κ1) is 19.9. The Kier molecular flexibility index (Phi) is 8.04. The van der Waals surface area contributed by atoms with Gasteiger partial charge < -0.3 is 0 Å². The summed E-state index contributed by atoms with van der Waals surface area (Å²) in [5.41, 5.74) is 3.19. The van der Waals surface area contributed by atoms with Crippen LogP contribution in [0.2, 0.25) is 6.55 Å². The van der Waals surface area contributed by atoms with Crippen LogP contribution in [0.15, 0.2) is 36.4 Å². The van der Waals surface area contributed by atoms with Crippen LogP contribution in [0.3, 0.4) is 0 Å². The van der Waals surface area contributed by atoms with E-state index in [2.05, 4.69) is 49.9 Å². The first-order valence-corrected chi connectivity index (χ1v) is 13.9. The van der Waals surface area contributed by atoms with Crippen molar-refractivity contribution < 1.29 is 0 Å². The molecular weight excluding hydrogens is 328 g/mol. The molecule has 144 valence electrons. The zero-order valence-electron chi connectivity index (χ0n) is 17.3. The van der Waals surface area contributed by atoms with E-state index in [9.17, 15) is 0 Å². The van der Waals surface area contributed by atoms with Gasteiger partial charge in [-0.1, -0.05) is 61.4 Å². The number of allylic oxidation sites excluding steroid dienone is 2. The molecule has 0 saturated heterocycles. The molecule has 1 aromatic carbocycles. The van der Waals surface area contributed by atoms with Crippen molar-refractivity contribution in [2.24, 2.45) is 17.8 Å². The first-order valence-electron chi connectivity index (χ1n) is 11.5. The average Bonchev–Trinajstić information content (AvgIpc) is 2.70. The monoisotopic (exact) mass is 368 g/mol. The van der Waals surface area contributed by atoms with Gasteiger partial charge in [0.25, 0.3) is 0 Å². The summed E-state index contributed by atoms with van der Waals surface area (Å²) in [7, 11) is 0.148. The maximum Gasteiger partial charge on any atom is 0.0217 e. The Morgan fingerprint density at radius 3 is 2.08 bits per heavy atom. The quantitative estimate of drug-likeness (QED) is 0.365. The normalized spacial score (nSPS) is 30.4. The standard InChI is InChI=1S/C25H40Si/c1-3-4-5-6-20-7-11-22(12-8-20)24-15-17-25(18-16-24)23-13-9-21(10-14-23)19-26-2/h3-4,9-10,13-14,20,22,24-25H,5-8,11-12,15-19,26H2,1-2H3/b4-3+/t20-,22-,24?,25?. The Morgan fingerprint density at radius 1 is 0.885 bits per heavy atom. The molecule has 0 N–H and O–H groups in total. The van der Waals surface area contributed by atoms with Crippen LogP contribution in [0.1, 0.15) is 88.2 Å². The van der Waals surface area contributed by atoms with Crippen LogP contribution in [0.5, 0.6) is 0 Å². The number of hydrogen-bond donors (Lipinski definition) is 0. The second kappa shape index (κ2) is 10.5. The molecule has 0 radical (unpaired) electrons.